The fraction of sp³-hybridized carbons (Fsp3) is 0.379. The number of carbonyl (C=O) groups is 1. The van der Waals surface area contributed by atoms with E-state index >= 15 is 0 Å². The number of aryl methyl sites for hydroxylation is 2. The molecule has 11 heteroatoms. The highest BCUT2D eigenvalue weighted by molar-refractivity contribution is 9.12. The Morgan fingerprint density at radius 3 is 1.88 bits per heavy atom. The molecule has 2 aliphatic carbocycles. The lowest BCUT2D eigenvalue weighted by Gasteiger charge is -2.28. The number of halogens is 1. The van der Waals surface area contributed by atoms with Crippen LogP contribution in [0.1, 0.15) is 102 Å². The van der Waals surface area contributed by atoms with E-state index < -0.39 is 0 Å². The number of nitrogens with zero attached hydrogens (tertiary/aromatic N) is 5. The third-order valence-electron chi connectivity index (χ3n) is 7.17. The molecule has 0 aliphatic heterocycles. The number of nitrogen functional groups attached to an aromatic ring is 2. The number of aromatic nitrogens is 2. The van der Waals surface area contributed by atoms with Crippen molar-refractivity contribution in [3.63, 3.8) is 0 Å². The number of nitriles is 3. The number of benzene rings is 2. The topological polar surface area (TPSA) is 191 Å². The summed E-state index contributed by atoms with van der Waals surface area (Å²) in [7, 11) is 0. The molecule has 5 rings (SSSR count). The van der Waals surface area contributed by atoms with E-state index in [-0.39, 0.29) is 19.3 Å². The number of amides is 1. The molecule has 0 radical (unpaired) electrons. The van der Waals surface area contributed by atoms with Crippen LogP contribution in [-0.2, 0) is 0 Å². The summed E-state index contributed by atoms with van der Waals surface area (Å²) in [6.45, 7) is 3.84. The molecule has 2 saturated carbocycles. The maximum Gasteiger partial charge on any atom is 0.313 e. The summed E-state index contributed by atoms with van der Waals surface area (Å²) in [4.78, 5) is 13.3. The lowest BCUT2D eigenvalue weighted by atomic mass is 9.77. The van der Waals surface area contributed by atoms with Crippen LogP contribution in [0.3, 0.4) is 0 Å². The van der Waals surface area contributed by atoms with Crippen molar-refractivity contribution >= 4 is 27.9 Å². The first-order chi connectivity index (χ1) is 18.8. The van der Waals surface area contributed by atoms with Crippen molar-refractivity contribution in [1.82, 2.24) is 15.6 Å². The summed E-state index contributed by atoms with van der Waals surface area (Å²) in [5.41, 5.74) is 14.3. The number of hydrogen-bond acceptors (Lipinski definition) is 9. The Balaban J connectivity index is 0.000000251. The Morgan fingerprint density at radius 1 is 0.950 bits per heavy atom. The average molecular weight is 606 g/mol. The zero-order valence-corrected chi connectivity index (χ0v) is 23.4. The molecular formula is C29H33BrN8O2. The Labute approximate surface area is 243 Å². The minimum atomic E-state index is -0.316. The molecule has 0 atom stereocenters. The van der Waals surface area contributed by atoms with E-state index in [1.54, 1.807) is 11.0 Å². The molecule has 208 valence electrons. The van der Waals surface area contributed by atoms with Crippen LogP contribution in [0.25, 0.3) is 11.5 Å². The lowest BCUT2D eigenvalue weighted by Crippen LogP contribution is -2.31. The molecule has 2 aliphatic rings. The molecule has 1 heterocycles. The molecule has 0 bridgehead atoms. The maximum absolute atomic E-state index is 11.7. The monoisotopic (exact) mass is 604 g/mol. The van der Waals surface area contributed by atoms with Crippen LogP contribution in [0.15, 0.2) is 28.7 Å². The summed E-state index contributed by atoms with van der Waals surface area (Å²) in [6, 6.07) is 11.8. The Morgan fingerprint density at radius 2 is 1.45 bits per heavy atom. The first kappa shape index (κ1) is 32.0. The zero-order chi connectivity index (χ0) is 28.5. The van der Waals surface area contributed by atoms with E-state index in [0.29, 0.717) is 34.4 Å². The van der Waals surface area contributed by atoms with E-state index in [4.69, 9.17) is 31.8 Å². The van der Waals surface area contributed by atoms with Gasteiger partial charge in [-0.05, 0) is 85.8 Å². The fourth-order valence-corrected chi connectivity index (χ4v) is 4.62. The first-order valence-corrected chi connectivity index (χ1v) is 13.3. The van der Waals surface area contributed by atoms with Gasteiger partial charge in [-0.3, -0.25) is 10.2 Å². The molecule has 10 nitrogen and oxygen atoms in total. The van der Waals surface area contributed by atoms with Gasteiger partial charge in [-0.2, -0.15) is 15.8 Å². The van der Waals surface area contributed by atoms with Gasteiger partial charge in [0.1, 0.15) is 4.98 Å². The van der Waals surface area contributed by atoms with Crippen molar-refractivity contribution in [2.24, 2.45) is 5.84 Å². The molecular weight excluding hydrogens is 572 g/mol. The predicted octanol–water partition coefficient (Wildman–Crippen LogP) is 6.00. The maximum atomic E-state index is 11.7. The summed E-state index contributed by atoms with van der Waals surface area (Å²) >= 11 is 2.45. The number of carbonyl (C=O) groups excluding carboxylic acids is 1. The van der Waals surface area contributed by atoms with Crippen molar-refractivity contribution < 1.29 is 9.21 Å². The van der Waals surface area contributed by atoms with Crippen LogP contribution >= 0.6 is 15.9 Å². The number of anilines is 1. The third-order valence-corrected chi connectivity index (χ3v) is 7.17. The predicted molar refractivity (Wildman–Crippen MR) is 156 cm³/mol. The summed E-state index contributed by atoms with van der Waals surface area (Å²) in [6.07, 6.45) is 7.00. The second-order valence-electron chi connectivity index (χ2n) is 9.49. The Hall–Kier alpha value is -4.24. The zero-order valence-electron chi connectivity index (χ0n) is 21.8. The second-order valence-corrected chi connectivity index (χ2v) is 9.85. The van der Waals surface area contributed by atoms with E-state index in [9.17, 15) is 4.79 Å². The van der Waals surface area contributed by atoms with Gasteiger partial charge in [0.15, 0.2) is 0 Å². The van der Waals surface area contributed by atoms with E-state index in [1.165, 1.54) is 31.2 Å². The van der Waals surface area contributed by atoms with Gasteiger partial charge < -0.3 is 10.2 Å². The van der Waals surface area contributed by atoms with Crippen LogP contribution < -0.4 is 17.0 Å². The molecule has 2 aromatic carbocycles. The molecule has 2 fully saturated rings. The molecule has 1 aromatic heterocycles. The molecule has 5 N–H and O–H groups in total. The average Bonchev–Trinajstić information content (AvgIpc) is 3.29. The van der Waals surface area contributed by atoms with Gasteiger partial charge in [0.2, 0.25) is 5.89 Å². The fourth-order valence-electron chi connectivity index (χ4n) is 4.62. The second kappa shape index (κ2) is 14.8. The Bertz CT molecular complexity index is 1470. The van der Waals surface area contributed by atoms with Crippen molar-refractivity contribution in [2.75, 3.05) is 5.73 Å². The highest BCUT2D eigenvalue weighted by atomic mass is 79.9. The summed E-state index contributed by atoms with van der Waals surface area (Å²) in [5, 5.41) is 33.0. The van der Waals surface area contributed by atoms with E-state index in [0.717, 1.165) is 35.1 Å². The lowest BCUT2D eigenvalue weighted by molar-refractivity contribution is 0.0951. The third kappa shape index (κ3) is 7.24. The number of nitrogens with one attached hydrogen (secondary N) is 1. The van der Waals surface area contributed by atoms with Gasteiger partial charge in [0.25, 0.3) is 5.91 Å². The van der Waals surface area contributed by atoms with Crippen molar-refractivity contribution in [2.45, 2.75) is 71.6 Å². The molecule has 0 spiro atoms. The van der Waals surface area contributed by atoms with Crippen molar-refractivity contribution in [3.8, 4) is 28.6 Å². The minimum absolute atomic E-state index is 0. The molecule has 40 heavy (non-hydrogen) atoms. The summed E-state index contributed by atoms with van der Waals surface area (Å²) in [5.74, 6) is 6.22. The normalized spacial score (nSPS) is 13.6. The number of hydrazine groups is 1. The highest BCUT2D eigenvalue weighted by Gasteiger charge is 2.26. The first-order valence-electron chi connectivity index (χ1n) is 12.5. The highest BCUT2D eigenvalue weighted by Crippen LogP contribution is 2.42. The molecule has 3 aromatic rings. The van der Waals surface area contributed by atoms with Crippen molar-refractivity contribution in [3.05, 3.63) is 63.2 Å². The van der Waals surface area contributed by atoms with Gasteiger partial charge in [0, 0.05) is 27.1 Å². The SMILES string of the molecule is C.Cc1cc(C2CCC2)c(-c2nnc(N)o2)cc1C#N.Cc1cc(C2CCC2)c(C(=O)NN)cc1C#N.N#CBr. The number of rotatable bonds is 4. The molecule has 1 amide bonds. The van der Waals surface area contributed by atoms with Crippen LogP contribution in [-0.4, -0.2) is 16.1 Å². The number of nitrogens with two attached hydrogens (primary N) is 2. The summed E-state index contributed by atoms with van der Waals surface area (Å²) < 4.78 is 5.31. The minimum Gasteiger partial charge on any atom is -0.404 e. The van der Waals surface area contributed by atoms with Gasteiger partial charge in [-0.25, -0.2) is 5.84 Å². The van der Waals surface area contributed by atoms with Crippen molar-refractivity contribution in [1.29, 1.82) is 15.8 Å². The van der Waals surface area contributed by atoms with Gasteiger partial charge in [-0.1, -0.05) is 37.5 Å². The van der Waals surface area contributed by atoms with E-state index in [2.05, 4.69) is 49.8 Å². The van der Waals surface area contributed by atoms with Crippen LogP contribution in [0.5, 0.6) is 0 Å². The van der Waals surface area contributed by atoms with Gasteiger partial charge >= 0.3 is 6.01 Å². The van der Waals surface area contributed by atoms with Gasteiger partial charge in [0.05, 0.1) is 23.3 Å². The van der Waals surface area contributed by atoms with Crippen LogP contribution in [0.2, 0.25) is 0 Å². The number of hydrogen-bond donors (Lipinski definition) is 3. The molecule has 0 unspecified atom stereocenters. The standard InChI is InChI=1S/C14H14N4O.C13H15N3O.CBrN.CH4/c1-8-5-11(9-3-2-4-9)12(6-10(8)7-15)13-17-18-14(16)19-13;1-8-5-11(9-3-2-4-9)12(13(17)16-15)6-10(8)7-14;2-1-3;/h5-6,9H,2-4H2,1H3,(H2,16,18);5-6,9H,2-4,15H2,1H3,(H,16,17);;1H4. The van der Waals surface area contributed by atoms with Gasteiger partial charge in [-0.15, -0.1) is 5.10 Å². The van der Waals surface area contributed by atoms with E-state index in [1.807, 2.05) is 26.0 Å². The Kier molecular flexibility index (Phi) is 11.8. The smallest absolute Gasteiger partial charge is 0.313 e. The van der Waals surface area contributed by atoms with Crippen LogP contribution in [0.4, 0.5) is 6.01 Å². The quantitative estimate of drug-likeness (QED) is 0.182. The largest absolute Gasteiger partial charge is 0.404 e. The molecule has 0 saturated heterocycles. The van der Waals surface area contributed by atoms with Crippen LogP contribution in [0, 0.1) is 46.8 Å².